The molecule has 0 spiro atoms. The van der Waals surface area contributed by atoms with Crippen molar-refractivity contribution in [3.8, 4) is 5.75 Å². The van der Waals surface area contributed by atoms with E-state index in [9.17, 15) is 4.79 Å². The predicted molar refractivity (Wildman–Crippen MR) is 95.3 cm³/mol. The van der Waals surface area contributed by atoms with Crippen molar-refractivity contribution in [1.29, 1.82) is 0 Å². The Morgan fingerprint density at radius 1 is 1.04 bits per heavy atom. The normalized spacial score (nSPS) is 12.0. The second kappa shape index (κ2) is 7.82. The van der Waals surface area contributed by atoms with Crippen LogP contribution in [0.4, 0.5) is 5.69 Å². The fourth-order valence-corrected chi connectivity index (χ4v) is 2.31. The van der Waals surface area contributed by atoms with Gasteiger partial charge in [0.2, 0.25) is 0 Å². The van der Waals surface area contributed by atoms with Crippen molar-refractivity contribution in [2.45, 2.75) is 46.1 Å². The molecule has 0 saturated carbocycles. The van der Waals surface area contributed by atoms with Crippen molar-refractivity contribution in [2.75, 3.05) is 5.32 Å². The van der Waals surface area contributed by atoms with E-state index in [0.717, 1.165) is 23.4 Å². The molecule has 1 unspecified atom stereocenters. The average molecular weight is 311 g/mol. The Morgan fingerprint density at radius 2 is 1.70 bits per heavy atom. The third-order valence-electron chi connectivity index (χ3n) is 3.86. The second-order valence-corrected chi connectivity index (χ2v) is 6.06. The van der Waals surface area contributed by atoms with Crippen LogP contribution in [-0.4, -0.2) is 12.0 Å². The zero-order valence-corrected chi connectivity index (χ0v) is 14.3. The first-order valence-electron chi connectivity index (χ1n) is 8.18. The van der Waals surface area contributed by atoms with Crippen molar-refractivity contribution >= 4 is 11.6 Å². The van der Waals surface area contributed by atoms with Crippen molar-refractivity contribution in [2.24, 2.45) is 0 Å². The van der Waals surface area contributed by atoms with Gasteiger partial charge < -0.3 is 10.1 Å². The number of carbonyl (C=O) groups is 1. The summed E-state index contributed by atoms with van der Waals surface area (Å²) in [6.45, 7) is 8.35. The van der Waals surface area contributed by atoms with Crippen LogP contribution < -0.4 is 10.1 Å². The van der Waals surface area contributed by atoms with Gasteiger partial charge >= 0.3 is 0 Å². The van der Waals surface area contributed by atoms with E-state index in [2.05, 4.69) is 26.1 Å². The monoisotopic (exact) mass is 311 g/mol. The lowest BCUT2D eigenvalue weighted by atomic mass is 10.0. The first-order valence-corrected chi connectivity index (χ1v) is 8.18. The Bertz CT molecular complexity index is 647. The Balaban J connectivity index is 2.09. The van der Waals surface area contributed by atoms with Gasteiger partial charge in [-0.3, -0.25) is 4.79 Å². The fourth-order valence-electron chi connectivity index (χ4n) is 2.31. The molecule has 0 aliphatic heterocycles. The molecule has 0 heterocycles. The van der Waals surface area contributed by atoms with E-state index in [1.54, 1.807) is 12.1 Å². The minimum absolute atomic E-state index is 0.104. The van der Waals surface area contributed by atoms with Gasteiger partial charge in [0.25, 0.3) is 5.91 Å². The summed E-state index contributed by atoms with van der Waals surface area (Å²) < 4.78 is 5.74. The van der Waals surface area contributed by atoms with E-state index in [-0.39, 0.29) is 12.0 Å². The van der Waals surface area contributed by atoms with Crippen LogP contribution >= 0.6 is 0 Å². The number of hydrogen-bond donors (Lipinski definition) is 1. The summed E-state index contributed by atoms with van der Waals surface area (Å²) in [6, 6.07) is 15.2. The third-order valence-corrected chi connectivity index (χ3v) is 3.86. The maximum absolute atomic E-state index is 12.4. The number of nitrogens with one attached hydrogen (secondary N) is 1. The summed E-state index contributed by atoms with van der Waals surface area (Å²) in [5.41, 5.74) is 2.63. The summed E-state index contributed by atoms with van der Waals surface area (Å²) >= 11 is 0. The number of amides is 1. The van der Waals surface area contributed by atoms with Gasteiger partial charge in [-0.05, 0) is 55.2 Å². The van der Waals surface area contributed by atoms with E-state index in [1.165, 1.54) is 0 Å². The van der Waals surface area contributed by atoms with Crippen molar-refractivity contribution in [1.82, 2.24) is 0 Å². The van der Waals surface area contributed by atoms with Gasteiger partial charge in [-0.1, -0.05) is 39.0 Å². The molecule has 3 nitrogen and oxygen atoms in total. The molecule has 2 aromatic rings. The van der Waals surface area contributed by atoms with Crippen molar-refractivity contribution < 1.29 is 9.53 Å². The molecule has 122 valence electrons. The largest absolute Gasteiger partial charge is 0.491 e. The number of benzene rings is 2. The van der Waals surface area contributed by atoms with Crippen LogP contribution in [0.25, 0.3) is 0 Å². The fraction of sp³-hybridized carbons (Fsp3) is 0.350. The lowest BCUT2D eigenvalue weighted by Crippen LogP contribution is -2.14. The van der Waals surface area contributed by atoms with E-state index < -0.39 is 0 Å². The summed E-state index contributed by atoms with van der Waals surface area (Å²) in [5, 5.41) is 3.00. The molecule has 2 rings (SSSR count). The van der Waals surface area contributed by atoms with Crippen LogP contribution in [0.1, 0.15) is 56.0 Å². The molecule has 1 atom stereocenters. The van der Waals surface area contributed by atoms with Crippen LogP contribution in [0.15, 0.2) is 48.5 Å². The van der Waals surface area contributed by atoms with Gasteiger partial charge in [-0.25, -0.2) is 0 Å². The third kappa shape index (κ3) is 4.59. The van der Waals surface area contributed by atoms with Crippen LogP contribution in [0.5, 0.6) is 5.75 Å². The first-order chi connectivity index (χ1) is 11.0. The highest BCUT2D eigenvalue weighted by molar-refractivity contribution is 6.04. The lowest BCUT2D eigenvalue weighted by Gasteiger charge is -2.14. The highest BCUT2D eigenvalue weighted by Gasteiger charge is 2.11. The molecule has 0 aromatic heterocycles. The highest BCUT2D eigenvalue weighted by Crippen LogP contribution is 2.24. The quantitative estimate of drug-likeness (QED) is 0.792. The molecular formula is C20H25NO2. The van der Waals surface area contributed by atoms with E-state index >= 15 is 0 Å². The summed E-state index contributed by atoms with van der Waals surface area (Å²) in [6.07, 6.45) is 1.13. The molecule has 0 radical (unpaired) electrons. The summed E-state index contributed by atoms with van der Waals surface area (Å²) in [7, 11) is 0. The number of hydrogen-bond acceptors (Lipinski definition) is 2. The Labute approximate surface area is 138 Å². The molecule has 0 aliphatic carbocycles. The van der Waals surface area contributed by atoms with Crippen molar-refractivity contribution in [3.63, 3.8) is 0 Å². The van der Waals surface area contributed by atoms with Gasteiger partial charge in [0.05, 0.1) is 6.10 Å². The summed E-state index contributed by atoms with van der Waals surface area (Å²) in [5.74, 6) is 1.05. The molecule has 1 N–H and O–H groups in total. The zero-order chi connectivity index (χ0) is 16.8. The van der Waals surface area contributed by atoms with Gasteiger partial charge in [0.1, 0.15) is 5.75 Å². The molecular weight excluding hydrogens is 286 g/mol. The average Bonchev–Trinajstić information content (AvgIpc) is 2.55. The summed E-state index contributed by atoms with van der Waals surface area (Å²) in [4.78, 5) is 12.4. The number of para-hydroxylation sites is 1. The number of anilines is 1. The van der Waals surface area contributed by atoms with Crippen LogP contribution in [-0.2, 0) is 0 Å². The molecule has 23 heavy (non-hydrogen) atoms. The minimum atomic E-state index is -0.104. The Morgan fingerprint density at radius 3 is 2.30 bits per heavy atom. The van der Waals surface area contributed by atoms with E-state index in [0.29, 0.717) is 11.5 Å². The lowest BCUT2D eigenvalue weighted by molar-refractivity contribution is 0.102. The van der Waals surface area contributed by atoms with Crippen LogP contribution in [0, 0.1) is 0 Å². The van der Waals surface area contributed by atoms with Crippen molar-refractivity contribution in [3.05, 3.63) is 59.7 Å². The van der Waals surface area contributed by atoms with Gasteiger partial charge in [-0.15, -0.1) is 0 Å². The predicted octanol–water partition coefficient (Wildman–Crippen LogP) is 5.24. The molecule has 0 bridgehead atoms. The number of ether oxygens (including phenoxy) is 1. The van der Waals surface area contributed by atoms with Crippen LogP contribution in [0.3, 0.4) is 0 Å². The molecule has 2 aromatic carbocycles. The number of rotatable bonds is 6. The van der Waals surface area contributed by atoms with Gasteiger partial charge in [0, 0.05) is 11.3 Å². The minimum Gasteiger partial charge on any atom is -0.491 e. The Hall–Kier alpha value is -2.29. The standard InChI is InChI=1S/C20H25NO2/c1-5-15(4)23-17-12-10-16(11-13-17)20(22)21-19-9-7-6-8-18(19)14(2)3/h6-15H,5H2,1-4H3,(H,21,22). The molecule has 0 saturated heterocycles. The maximum Gasteiger partial charge on any atom is 0.255 e. The van der Waals surface area contributed by atoms with E-state index in [4.69, 9.17) is 4.74 Å². The number of carbonyl (C=O) groups excluding carboxylic acids is 1. The van der Waals surface area contributed by atoms with Gasteiger partial charge in [-0.2, -0.15) is 0 Å². The van der Waals surface area contributed by atoms with Gasteiger partial charge in [0.15, 0.2) is 0 Å². The zero-order valence-electron chi connectivity index (χ0n) is 14.3. The van der Waals surface area contributed by atoms with E-state index in [1.807, 2.05) is 43.3 Å². The molecule has 0 fully saturated rings. The SMILES string of the molecule is CCC(C)Oc1ccc(C(=O)Nc2ccccc2C(C)C)cc1. The maximum atomic E-state index is 12.4. The second-order valence-electron chi connectivity index (χ2n) is 6.06. The smallest absolute Gasteiger partial charge is 0.255 e. The molecule has 3 heteroatoms. The first kappa shape index (κ1) is 17.1. The Kier molecular flexibility index (Phi) is 5.80. The molecule has 0 aliphatic rings. The van der Waals surface area contributed by atoms with Crippen LogP contribution in [0.2, 0.25) is 0 Å². The topological polar surface area (TPSA) is 38.3 Å². The highest BCUT2D eigenvalue weighted by atomic mass is 16.5. The molecule has 1 amide bonds.